The number of hydrogen-bond donors (Lipinski definition) is 2. The van der Waals surface area contributed by atoms with Crippen LogP contribution in [0, 0.1) is 0 Å². The van der Waals surface area contributed by atoms with E-state index in [1.807, 2.05) is 0 Å². The van der Waals surface area contributed by atoms with Crippen molar-refractivity contribution in [3.05, 3.63) is 144 Å². The molecule has 0 unspecified atom stereocenters. The Morgan fingerprint density at radius 3 is 0.631 bits per heavy atom. The van der Waals surface area contributed by atoms with Gasteiger partial charge in [-0.15, -0.1) is 0 Å². The van der Waals surface area contributed by atoms with Gasteiger partial charge in [0.15, 0.2) is 0 Å². The quantitative estimate of drug-likeness (QED) is 0.149. The normalized spacial score (nSPS) is 13.0. The minimum absolute atomic E-state index is 0. The molecule has 329 valence electrons. The number of nitrogens with one attached hydrogen (secondary N) is 2. The summed E-state index contributed by atoms with van der Waals surface area (Å²) in [4.78, 5) is 18.9. The number of benzene rings is 4. The fourth-order valence-corrected chi connectivity index (χ4v) is 8.72. The van der Waals surface area contributed by atoms with E-state index in [0.717, 1.165) is 107 Å². The minimum Gasteiger partial charge on any atom is -0.354 e. The third-order valence-electron chi connectivity index (χ3n) is 12.5. The van der Waals surface area contributed by atoms with Crippen molar-refractivity contribution in [1.82, 2.24) is 37.9 Å². The summed E-state index contributed by atoms with van der Waals surface area (Å²) in [6, 6.07) is 44.5. The molecule has 8 nitrogen and oxygen atoms in total. The van der Waals surface area contributed by atoms with Crippen LogP contribution in [0.25, 0.3) is 90.9 Å². The van der Waals surface area contributed by atoms with Crippen LogP contribution < -0.4 is 17.9 Å². The van der Waals surface area contributed by atoms with Crippen LogP contribution in [0.2, 0.25) is 0 Å². The fraction of sp³-hybridized carbons (Fsp3) is 0.214. The maximum absolute atomic E-state index is 5.54. The first kappa shape index (κ1) is 45.4. The summed E-state index contributed by atoms with van der Waals surface area (Å²) >= 11 is 0. The maximum Gasteiger partial charge on any atom is 2.00 e. The van der Waals surface area contributed by atoms with Gasteiger partial charge in [-0.3, -0.25) is 17.9 Å². The van der Waals surface area contributed by atoms with Crippen molar-refractivity contribution < 1.29 is 16.8 Å². The van der Waals surface area contributed by atoms with Crippen LogP contribution in [-0.2, 0) is 16.8 Å². The van der Waals surface area contributed by atoms with Crippen LogP contribution in [0.15, 0.2) is 121 Å². The monoisotopic (exact) mass is 905 g/mol. The van der Waals surface area contributed by atoms with E-state index in [1.54, 1.807) is 0 Å². The summed E-state index contributed by atoms with van der Waals surface area (Å²) in [6.45, 7) is 0. The molecular formula is C56H62CoN8+6. The van der Waals surface area contributed by atoms with E-state index in [-0.39, 0.29) is 16.8 Å². The summed E-state index contributed by atoms with van der Waals surface area (Å²) in [7, 11) is 26.4. The Hall–Kier alpha value is -6.17. The largest absolute Gasteiger partial charge is 2.00 e. The van der Waals surface area contributed by atoms with E-state index < -0.39 is 0 Å². The second-order valence-electron chi connectivity index (χ2n) is 20.7. The molecule has 65 heavy (non-hydrogen) atoms. The van der Waals surface area contributed by atoms with Gasteiger partial charge in [0.25, 0.3) is 0 Å². The molecule has 9 rings (SSSR count). The molecule has 9 heteroatoms. The van der Waals surface area contributed by atoms with Crippen LogP contribution in [0.3, 0.4) is 0 Å². The SMILES string of the molecule is C[N+](C)(C)c1ccc(-c2c3nc(c(-c4ccc([N+](C)(C)C)cc4)c4ccc([nH]4)c(-c4ccc([N+](C)(C)C)cc4)c4nc(c(-c5ccc([N+](C)(C)C)cc5)c5ccc2[nH]5)C=C4)C=C3)cc1.[Co+2]. The molecule has 0 fully saturated rings. The molecule has 2 aliphatic heterocycles. The number of nitrogens with zero attached hydrogens (tertiary/aromatic N) is 6. The van der Waals surface area contributed by atoms with E-state index in [9.17, 15) is 0 Å². The molecule has 7 aromatic rings. The van der Waals surface area contributed by atoms with Crippen molar-refractivity contribution in [3.63, 3.8) is 0 Å². The average Bonchev–Trinajstić information content (AvgIpc) is 4.08. The van der Waals surface area contributed by atoms with E-state index in [4.69, 9.17) is 9.97 Å². The summed E-state index contributed by atoms with van der Waals surface area (Å²) < 4.78 is 2.91. The Kier molecular flexibility index (Phi) is 11.6. The van der Waals surface area contributed by atoms with Crippen LogP contribution >= 0.6 is 0 Å². The zero-order chi connectivity index (χ0) is 45.3. The topological polar surface area (TPSA) is 57.4 Å². The summed E-state index contributed by atoms with van der Waals surface area (Å²) in [5.74, 6) is 0. The number of rotatable bonds is 8. The van der Waals surface area contributed by atoms with Crippen LogP contribution in [-0.4, -0.2) is 105 Å². The number of quaternary nitrogens is 4. The summed E-state index contributed by atoms with van der Waals surface area (Å²) in [6.07, 6.45) is 8.69. The number of aromatic amines is 2. The van der Waals surface area contributed by atoms with E-state index in [0.29, 0.717) is 0 Å². The predicted octanol–water partition coefficient (Wildman–Crippen LogP) is 12.1. The second kappa shape index (κ2) is 16.7. The van der Waals surface area contributed by atoms with Crippen LogP contribution in [0.5, 0.6) is 0 Å². The van der Waals surface area contributed by atoms with Gasteiger partial charge in [0.2, 0.25) is 0 Å². The Balaban J connectivity index is 0.00000576. The molecule has 0 aliphatic carbocycles. The van der Waals surface area contributed by atoms with Crippen molar-refractivity contribution in [1.29, 1.82) is 0 Å². The first-order chi connectivity index (χ1) is 30.2. The maximum atomic E-state index is 5.54. The molecule has 2 aliphatic rings. The van der Waals surface area contributed by atoms with E-state index in [1.165, 1.54) is 22.7 Å². The van der Waals surface area contributed by atoms with Gasteiger partial charge in [-0.1, -0.05) is 0 Å². The number of H-pyrrole nitrogens is 2. The minimum atomic E-state index is 0. The molecule has 8 bridgehead atoms. The smallest absolute Gasteiger partial charge is 0.354 e. The van der Waals surface area contributed by atoms with E-state index in [2.05, 4.69) is 240 Å². The first-order valence-corrected chi connectivity index (χ1v) is 22.1. The molecule has 0 amide bonds. The van der Waals surface area contributed by atoms with E-state index >= 15 is 0 Å². The molecule has 0 spiro atoms. The van der Waals surface area contributed by atoms with Crippen molar-refractivity contribution >= 4 is 69.1 Å². The number of aromatic nitrogens is 4. The standard InChI is InChI=1S/C56H62N8.Co/c1-61(2,3)41-21-13-37(14-22-41)53-45-29-31-47(57-45)54(38-15-23-42(24-16-38)62(4,5)6)49-33-35-51(59-49)56(40-19-27-44(28-20-40)64(10,11)12)52-36-34-50(60-52)55(48-32-30-46(53)58-48)39-17-25-43(26-18-39)63(7,8)9;/h13-36,57,60H,1-12H3;/q+4;+2. The number of hydrogen-bond acceptors (Lipinski definition) is 2. The molecular weight excluding hydrogens is 844 g/mol. The van der Waals surface area contributed by atoms with Gasteiger partial charge in [-0.25, -0.2) is 9.97 Å². The van der Waals surface area contributed by atoms with Crippen LogP contribution in [0.4, 0.5) is 22.7 Å². The molecule has 0 saturated heterocycles. The molecule has 2 N–H and O–H groups in total. The van der Waals surface area contributed by atoms with Gasteiger partial charge >= 0.3 is 16.8 Å². The Labute approximate surface area is 395 Å². The van der Waals surface area contributed by atoms with Gasteiger partial charge < -0.3 is 9.97 Å². The summed E-state index contributed by atoms with van der Waals surface area (Å²) in [5, 5.41) is 0. The van der Waals surface area contributed by atoms with Gasteiger partial charge in [-0.2, -0.15) is 0 Å². The molecule has 0 saturated carbocycles. The van der Waals surface area contributed by atoms with Crippen LogP contribution in [0.1, 0.15) is 22.8 Å². The van der Waals surface area contributed by atoms with Gasteiger partial charge in [0.05, 0.1) is 107 Å². The van der Waals surface area contributed by atoms with Crippen molar-refractivity contribution in [3.8, 4) is 44.5 Å². The Morgan fingerprint density at radius 1 is 0.277 bits per heavy atom. The fourth-order valence-electron chi connectivity index (χ4n) is 8.72. The molecule has 0 atom stereocenters. The molecule has 4 aromatic carbocycles. The summed E-state index contributed by atoms with van der Waals surface area (Å²) in [5.41, 5.74) is 20.9. The first-order valence-electron chi connectivity index (χ1n) is 22.1. The number of fused-ring (bicyclic) bond motifs is 8. The Bertz CT molecular complexity index is 2720. The average molecular weight is 906 g/mol. The third-order valence-corrected chi connectivity index (χ3v) is 12.5. The predicted molar refractivity (Wildman–Crippen MR) is 279 cm³/mol. The molecule has 3 aromatic heterocycles. The zero-order valence-electron chi connectivity index (χ0n) is 39.9. The van der Waals surface area contributed by atoms with Crippen molar-refractivity contribution in [2.75, 3.05) is 84.6 Å². The van der Waals surface area contributed by atoms with Crippen molar-refractivity contribution in [2.45, 2.75) is 0 Å². The molecule has 1 radical (unpaired) electrons. The third kappa shape index (κ3) is 8.96. The van der Waals surface area contributed by atoms with Gasteiger partial charge in [0.1, 0.15) is 22.7 Å². The van der Waals surface area contributed by atoms with Crippen molar-refractivity contribution in [2.24, 2.45) is 0 Å². The Morgan fingerprint density at radius 2 is 0.462 bits per heavy atom. The molecule has 5 heterocycles. The van der Waals surface area contributed by atoms with Gasteiger partial charge in [0, 0.05) is 44.3 Å². The van der Waals surface area contributed by atoms with Gasteiger partial charge in [-0.05, 0) is 168 Å². The zero-order valence-corrected chi connectivity index (χ0v) is 40.9. The second-order valence-corrected chi connectivity index (χ2v) is 20.7.